The van der Waals surface area contributed by atoms with E-state index in [-0.39, 0.29) is 0 Å². The second-order valence-corrected chi connectivity index (χ2v) is 6.72. The van der Waals surface area contributed by atoms with Gasteiger partial charge in [0.15, 0.2) is 9.04 Å². The molecule has 0 rings (SSSR count). The molecule has 2 heteroatoms. The molecule has 0 aromatic carbocycles. The number of hydrogen-bond acceptors (Lipinski definition) is 1. The zero-order chi connectivity index (χ0) is 9.94. The molecule has 0 fully saturated rings. The smallest absolute Gasteiger partial charge is 0.176 e. The Labute approximate surface area is 85.6 Å². The fourth-order valence-electron chi connectivity index (χ4n) is 1.51. The molecule has 0 radical (unpaired) electrons. The van der Waals surface area contributed by atoms with Crippen molar-refractivity contribution in [3.63, 3.8) is 0 Å². The van der Waals surface area contributed by atoms with Crippen LogP contribution in [0, 0.1) is 0 Å². The number of hydrogen-bond donors (Lipinski definition) is 0. The maximum atomic E-state index is 5.92. The van der Waals surface area contributed by atoms with E-state index in [1.807, 2.05) is 0 Å². The summed E-state index contributed by atoms with van der Waals surface area (Å²) in [5.74, 6) is 0. The van der Waals surface area contributed by atoms with Crippen molar-refractivity contribution in [3.05, 3.63) is 0 Å². The maximum absolute atomic E-state index is 5.92. The van der Waals surface area contributed by atoms with E-state index >= 15 is 0 Å². The van der Waals surface area contributed by atoms with Crippen LogP contribution in [0.15, 0.2) is 0 Å². The van der Waals surface area contributed by atoms with E-state index in [0.717, 1.165) is 6.61 Å². The molecule has 0 saturated carbocycles. The zero-order valence-electron chi connectivity index (χ0n) is 9.64. The van der Waals surface area contributed by atoms with Gasteiger partial charge in [-0.25, -0.2) is 0 Å². The molecule has 1 nitrogen and oxygen atoms in total. The summed E-state index contributed by atoms with van der Waals surface area (Å²) < 4.78 is 5.92. The Balaban J connectivity index is 3.17. The Bertz CT molecular complexity index is 96.1. The molecule has 0 saturated heterocycles. The molecular formula is C11H26OSi. The average Bonchev–Trinajstić information content (AvgIpc) is 2.16. The van der Waals surface area contributed by atoms with Crippen molar-refractivity contribution in [2.75, 3.05) is 6.61 Å². The SMILES string of the molecule is CCCCCCO[SiH](CC)CCC. The summed E-state index contributed by atoms with van der Waals surface area (Å²) in [6.07, 6.45) is 6.63. The molecule has 1 unspecified atom stereocenters. The van der Waals surface area contributed by atoms with E-state index in [9.17, 15) is 0 Å². The molecule has 0 aliphatic rings. The maximum Gasteiger partial charge on any atom is 0.176 e. The van der Waals surface area contributed by atoms with Crippen LogP contribution in [0.2, 0.25) is 12.1 Å². The second kappa shape index (κ2) is 10.3. The third-order valence-corrected chi connectivity index (χ3v) is 5.26. The van der Waals surface area contributed by atoms with Gasteiger partial charge in [-0.1, -0.05) is 46.5 Å². The Hall–Kier alpha value is 0.177. The van der Waals surface area contributed by atoms with E-state index in [1.54, 1.807) is 0 Å². The normalized spacial score (nSPS) is 13.2. The van der Waals surface area contributed by atoms with Crippen molar-refractivity contribution in [1.29, 1.82) is 0 Å². The van der Waals surface area contributed by atoms with E-state index < -0.39 is 9.04 Å². The third-order valence-electron chi connectivity index (χ3n) is 2.42. The van der Waals surface area contributed by atoms with Gasteiger partial charge in [0.1, 0.15) is 0 Å². The highest BCUT2D eigenvalue weighted by molar-refractivity contribution is 6.51. The standard InChI is InChI=1S/C11H26OSi/c1-4-7-8-9-10-12-13(6-3)11-5-2/h13H,4-11H2,1-3H3. The minimum Gasteiger partial charge on any atom is -0.420 e. The fraction of sp³-hybridized carbons (Fsp3) is 1.00. The first-order valence-corrected chi connectivity index (χ1v) is 8.07. The summed E-state index contributed by atoms with van der Waals surface area (Å²) in [7, 11) is -0.765. The molecule has 0 amide bonds. The highest BCUT2D eigenvalue weighted by atomic mass is 28.3. The van der Waals surface area contributed by atoms with Crippen molar-refractivity contribution < 1.29 is 4.43 Å². The van der Waals surface area contributed by atoms with Crippen LogP contribution in [0.4, 0.5) is 0 Å². The predicted molar refractivity (Wildman–Crippen MR) is 62.8 cm³/mol. The van der Waals surface area contributed by atoms with Crippen LogP contribution in [-0.4, -0.2) is 15.6 Å². The van der Waals surface area contributed by atoms with Crippen molar-refractivity contribution in [2.24, 2.45) is 0 Å². The molecule has 0 aromatic heterocycles. The topological polar surface area (TPSA) is 9.23 Å². The lowest BCUT2D eigenvalue weighted by molar-refractivity contribution is 0.305. The lowest BCUT2D eigenvalue weighted by Gasteiger charge is -2.13. The lowest BCUT2D eigenvalue weighted by atomic mass is 10.2. The molecule has 0 N–H and O–H groups in total. The van der Waals surface area contributed by atoms with E-state index in [2.05, 4.69) is 20.8 Å². The van der Waals surface area contributed by atoms with Gasteiger partial charge in [0.05, 0.1) is 0 Å². The van der Waals surface area contributed by atoms with Gasteiger partial charge < -0.3 is 4.43 Å². The Morgan fingerprint density at radius 3 is 2.23 bits per heavy atom. The monoisotopic (exact) mass is 202 g/mol. The Kier molecular flexibility index (Phi) is 10.4. The minimum atomic E-state index is -0.765. The number of rotatable bonds is 9. The largest absolute Gasteiger partial charge is 0.420 e. The first-order chi connectivity index (χ1) is 6.35. The van der Waals surface area contributed by atoms with Crippen molar-refractivity contribution in [2.45, 2.75) is 65.0 Å². The summed E-state index contributed by atoms with van der Waals surface area (Å²) in [6.45, 7) is 7.82. The van der Waals surface area contributed by atoms with Crippen molar-refractivity contribution >= 4 is 9.04 Å². The van der Waals surface area contributed by atoms with Gasteiger partial charge in [0, 0.05) is 6.61 Å². The summed E-state index contributed by atoms with van der Waals surface area (Å²) in [5.41, 5.74) is 0. The molecule has 0 bridgehead atoms. The average molecular weight is 202 g/mol. The first-order valence-electron chi connectivity index (χ1n) is 5.96. The second-order valence-electron chi connectivity index (χ2n) is 3.75. The quantitative estimate of drug-likeness (QED) is 0.409. The van der Waals surface area contributed by atoms with Crippen LogP contribution < -0.4 is 0 Å². The summed E-state index contributed by atoms with van der Waals surface area (Å²) >= 11 is 0. The summed E-state index contributed by atoms with van der Waals surface area (Å²) in [6, 6.07) is 2.67. The van der Waals surface area contributed by atoms with Gasteiger partial charge in [-0.2, -0.15) is 0 Å². The minimum absolute atomic E-state index is 0.765. The number of unbranched alkanes of at least 4 members (excludes halogenated alkanes) is 3. The predicted octanol–water partition coefficient (Wildman–Crippen LogP) is 3.74. The summed E-state index contributed by atoms with van der Waals surface area (Å²) in [5, 5.41) is 0. The highest BCUT2D eigenvalue weighted by Gasteiger charge is 2.06. The highest BCUT2D eigenvalue weighted by Crippen LogP contribution is 2.06. The Morgan fingerprint density at radius 1 is 0.923 bits per heavy atom. The van der Waals surface area contributed by atoms with Crippen molar-refractivity contribution in [3.8, 4) is 0 Å². The molecule has 0 spiro atoms. The van der Waals surface area contributed by atoms with Gasteiger partial charge in [-0.05, 0) is 18.5 Å². The Morgan fingerprint density at radius 2 is 1.69 bits per heavy atom. The molecule has 1 atom stereocenters. The van der Waals surface area contributed by atoms with Crippen molar-refractivity contribution in [1.82, 2.24) is 0 Å². The molecule has 80 valence electrons. The van der Waals surface area contributed by atoms with Gasteiger partial charge >= 0.3 is 0 Å². The van der Waals surface area contributed by atoms with Gasteiger partial charge in [0.2, 0.25) is 0 Å². The van der Waals surface area contributed by atoms with Gasteiger partial charge in [-0.3, -0.25) is 0 Å². The molecule has 0 aliphatic carbocycles. The van der Waals surface area contributed by atoms with Gasteiger partial charge in [0.25, 0.3) is 0 Å². The van der Waals surface area contributed by atoms with E-state index in [1.165, 1.54) is 44.2 Å². The van der Waals surface area contributed by atoms with E-state index in [0.29, 0.717) is 0 Å². The molecular weight excluding hydrogens is 176 g/mol. The van der Waals surface area contributed by atoms with Gasteiger partial charge in [-0.15, -0.1) is 0 Å². The lowest BCUT2D eigenvalue weighted by Crippen LogP contribution is -2.16. The van der Waals surface area contributed by atoms with Crippen LogP contribution in [0.1, 0.15) is 52.9 Å². The van der Waals surface area contributed by atoms with Crippen LogP contribution >= 0.6 is 0 Å². The van der Waals surface area contributed by atoms with E-state index in [4.69, 9.17) is 4.43 Å². The summed E-state index contributed by atoms with van der Waals surface area (Å²) in [4.78, 5) is 0. The van der Waals surface area contributed by atoms with Crippen LogP contribution in [0.25, 0.3) is 0 Å². The first kappa shape index (κ1) is 13.2. The molecule has 0 heterocycles. The molecule has 0 aliphatic heterocycles. The van der Waals surface area contributed by atoms with Crippen LogP contribution in [0.5, 0.6) is 0 Å². The molecule has 0 aromatic rings. The zero-order valence-corrected chi connectivity index (χ0v) is 10.8. The van der Waals surface area contributed by atoms with Crippen LogP contribution in [0.3, 0.4) is 0 Å². The third kappa shape index (κ3) is 8.51. The fourth-order valence-corrected chi connectivity index (χ4v) is 3.46. The molecule has 13 heavy (non-hydrogen) atoms. The van der Waals surface area contributed by atoms with Crippen LogP contribution in [-0.2, 0) is 4.43 Å².